The van der Waals surface area contributed by atoms with Crippen molar-refractivity contribution in [1.29, 1.82) is 0 Å². The Morgan fingerprint density at radius 2 is 1.92 bits per heavy atom. The molecular weight excluding hydrogens is 164 g/mol. The molecule has 0 atom stereocenters. The van der Waals surface area contributed by atoms with Crippen molar-refractivity contribution in [3.8, 4) is 0 Å². The predicted octanol–water partition coefficient (Wildman–Crippen LogP) is 1.10. The molecule has 0 radical (unpaired) electrons. The van der Waals surface area contributed by atoms with E-state index in [1.165, 1.54) is 5.69 Å². The Kier molecular flexibility index (Phi) is 2.10. The number of methoxy groups -OCH3 is 1. The minimum atomic E-state index is 0.401. The molecule has 0 bridgehead atoms. The molecular formula is C10H14N2O. The van der Waals surface area contributed by atoms with Crippen molar-refractivity contribution in [2.24, 2.45) is 0 Å². The van der Waals surface area contributed by atoms with E-state index in [1.54, 1.807) is 7.11 Å². The monoisotopic (exact) mass is 178 g/mol. The van der Waals surface area contributed by atoms with E-state index in [4.69, 9.17) is 10.5 Å². The number of nitrogen functional groups attached to an aromatic ring is 1. The molecule has 1 aliphatic heterocycles. The minimum absolute atomic E-state index is 0.401. The summed E-state index contributed by atoms with van der Waals surface area (Å²) in [5, 5.41) is 0. The van der Waals surface area contributed by atoms with E-state index >= 15 is 0 Å². The van der Waals surface area contributed by atoms with Gasteiger partial charge in [-0.1, -0.05) is 0 Å². The maximum absolute atomic E-state index is 5.60. The van der Waals surface area contributed by atoms with Gasteiger partial charge in [0.05, 0.1) is 6.10 Å². The second-order valence-electron chi connectivity index (χ2n) is 3.35. The normalized spacial score (nSPS) is 17.2. The zero-order valence-corrected chi connectivity index (χ0v) is 7.73. The summed E-state index contributed by atoms with van der Waals surface area (Å²) in [7, 11) is 1.75. The number of benzene rings is 1. The standard InChI is InChI=1S/C10H14N2O/c1-13-10-6-12(7-10)9-4-2-8(11)3-5-9/h2-5,10H,6-7,11H2,1H3. The summed E-state index contributed by atoms with van der Waals surface area (Å²) < 4.78 is 5.20. The number of nitrogens with two attached hydrogens (primary N) is 1. The van der Waals surface area contributed by atoms with Gasteiger partial charge in [-0.15, -0.1) is 0 Å². The van der Waals surface area contributed by atoms with E-state index in [9.17, 15) is 0 Å². The molecule has 0 spiro atoms. The number of rotatable bonds is 2. The Hall–Kier alpha value is -1.22. The van der Waals surface area contributed by atoms with Gasteiger partial charge >= 0.3 is 0 Å². The quantitative estimate of drug-likeness (QED) is 0.689. The largest absolute Gasteiger partial charge is 0.399 e. The first-order chi connectivity index (χ1) is 6.29. The summed E-state index contributed by atoms with van der Waals surface area (Å²) in [4.78, 5) is 2.27. The van der Waals surface area contributed by atoms with Gasteiger partial charge in [0.1, 0.15) is 0 Å². The van der Waals surface area contributed by atoms with E-state index < -0.39 is 0 Å². The Morgan fingerprint density at radius 1 is 1.31 bits per heavy atom. The highest BCUT2D eigenvalue weighted by molar-refractivity contribution is 5.54. The summed E-state index contributed by atoms with van der Waals surface area (Å²) in [6.07, 6.45) is 0.401. The molecule has 1 aromatic carbocycles. The molecule has 1 saturated heterocycles. The van der Waals surface area contributed by atoms with Crippen LogP contribution in [-0.4, -0.2) is 26.3 Å². The lowest BCUT2D eigenvalue weighted by molar-refractivity contribution is 0.0788. The van der Waals surface area contributed by atoms with E-state index in [0.717, 1.165) is 18.8 Å². The van der Waals surface area contributed by atoms with E-state index in [2.05, 4.69) is 4.90 Å². The van der Waals surface area contributed by atoms with Crippen LogP contribution < -0.4 is 10.6 Å². The Bertz CT molecular complexity index is 277. The molecule has 3 heteroatoms. The van der Waals surface area contributed by atoms with Crippen molar-refractivity contribution in [3.63, 3.8) is 0 Å². The van der Waals surface area contributed by atoms with Crippen LogP contribution in [0.5, 0.6) is 0 Å². The molecule has 2 rings (SSSR count). The first-order valence-electron chi connectivity index (χ1n) is 4.43. The lowest BCUT2D eigenvalue weighted by Gasteiger charge is -2.39. The third kappa shape index (κ3) is 1.60. The summed E-state index contributed by atoms with van der Waals surface area (Å²) in [5.41, 5.74) is 7.63. The fraction of sp³-hybridized carbons (Fsp3) is 0.400. The van der Waals surface area contributed by atoms with Gasteiger partial charge in [0.15, 0.2) is 0 Å². The van der Waals surface area contributed by atoms with Crippen LogP contribution in [0.4, 0.5) is 11.4 Å². The molecule has 1 aromatic rings. The average Bonchev–Trinajstić information content (AvgIpc) is 2.06. The van der Waals surface area contributed by atoms with Crippen LogP contribution in [0.3, 0.4) is 0 Å². The van der Waals surface area contributed by atoms with Gasteiger partial charge in [0.25, 0.3) is 0 Å². The summed E-state index contributed by atoms with van der Waals surface area (Å²) in [6.45, 7) is 1.97. The molecule has 3 nitrogen and oxygen atoms in total. The van der Waals surface area contributed by atoms with Crippen LogP contribution in [0.25, 0.3) is 0 Å². The lowest BCUT2D eigenvalue weighted by atomic mass is 10.1. The van der Waals surface area contributed by atoms with Gasteiger partial charge in [-0.25, -0.2) is 0 Å². The molecule has 1 aliphatic rings. The van der Waals surface area contributed by atoms with Crippen molar-refractivity contribution >= 4 is 11.4 Å². The molecule has 0 saturated carbocycles. The summed E-state index contributed by atoms with van der Waals surface area (Å²) in [6, 6.07) is 7.94. The molecule has 0 aromatic heterocycles. The van der Waals surface area contributed by atoms with Crippen molar-refractivity contribution < 1.29 is 4.74 Å². The molecule has 1 fully saturated rings. The highest BCUT2D eigenvalue weighted by Crippen LogP contribution is 2.22. The van der Waals surface area contributed by atoms with Gasteiger partial charge < -0.3 is 15.4 Å². The minimum Gasteiger partial charge on any atom is -0.399 e. The van der Waals surface area contributed by atoms with Crippen LogP contribution in [0.2, 0.25) is 0 Å². The lowest BCUT2D eigenvalue weighted by Crippen LogP contribution is -2.51. The maximum Gasteiger partial charge on any atom is 0.0920 e. The highest BCUT2D eigenvalue weighted by atomic mass is 16.5. The zero-order valence-electron chi connectivity index (χ0n) is 7.73. The summed E-state index contributed by atoms with van der Waals surface area (Å²) >= 11 is 0. The molecule has 1 heterocycles. The maximum atomic E-state index is 5.60. The Balaban J connectivity index is 1.99. The van der Waals surface area contributed by atoms with Gasteiger partial charge in [-0.2, -0.15) is 0 Å². The highest BCUT2D eigenvalue weighted by Gasteiger charge is 2.26. The molecule has 0 unspecified atom stereocenters. The van der Waals surface area contributed by atoms with Crippen molar-refractivity contribution in [1.82, 2.24) is 0 Å². The van der Waals surface area contributed by atoms with Gasteiger partial charge in [0.2, 0.25) is 0 Å². The van der Waals surface area contributed by atoms with Crippen molar-refractivity contribution in [3.05, 3.63) is 24.3 Å². The molecule has 70 valence electrons. The fourth-order valence-electron chi connectivity index (χ4n) is 1.48. The SMILES string of the molecule is COC1CN(c2ccc(N)cc2)C1. The number of hydrogen-bond donors (Lipinski definition) is 1. The van der Waals surface area contributed by atoms with E-state index in [-0.39, 0.29) is 0 Å². The molecule has 0 aliphatic carbocycles. The second-order valence-corrected chi connectivity index (χ2v) is 3.35. The van der Waals surface area contributed by atoms with E-state index in [0.29, 0.717) is 6.10 Å². The smallest absolute Gasteiger partial charge is 0.0920 e. The molecule has 0 amide bonds. The number of hydrogen-bond acceptors (Lipinski definition) is 3. The number of anilines is 2. The Labute approximate surface area is 78.1 Å². The average molecular weight is 178 g/mol. The zero-order chi connectivity index (χ0) is 9.26. The molecule has 2 N–H and O–H groups in total. The summed E-state index contributed by atoms with van der Waals surface area (Å²) in [5.74, 6) is 0. The predicted molar refractivity (Wildman–Crippen MR) is 53.9 cm³/mol. The Morgan fingerprint density at radius 3 is 2.46 bits per heavy atom. The number of ether oxygens (including phenoxy) is 1. The van der Waals surface area contributed by atoms with Crippen molar-refractivity contribution in [2.45, 2.75) is 6.10 Å². The number of nitrogens with zero attached hydrogens (tertiary/aromatic N) is 1. The van der Waals surface area contributed by atoms with Gasteiger partial charge in [-0.05, 0) is 24.3 Å². The van der Waals surface area contributed by atoms with Crippen LogP contribution in [-0.2, 0) is 4.74 Å². The van der Waals surface area contributed by atoms with Gasteiger partial charge in [-0.3, -0.25) is 0 Å². The van der Waals surface area contributed by atoms with Crippen LogP contribution in [0, 0.1) is 0 Å². The van der Waals surface area contributed by atoms with Gasteiger partial charge in [0, 0.05) is 31.6 Å². The third-order valence-corrected chi connectivity index (χ3v) is 2.44. The van der Waals surface area contributed by atoms with E-state index in [1.807, 2.05) is 24.3 Å². The van der Waals surface area contributed by atoms with Crippen molar-refractivity contribution in [2.75, 3.05) is 30.8 Å². The van der Waals surface area contributed by atoms with Crippen LogP contribution >= 0.6 is 0 Å². The first-order valence-corrected chi connectivity index (χ1v) is 4.43. The second kappa shape index (κ2) is 3.26. The molecule has 13 heavy (non-hydrogen) atoms. The first kappa shape index (κ1) is 8.38. The third-order valence-electron chi connectivity index (χ3n) is 2.44. The fourth-order valence-corrected chi connectivity index (χ4v) is 1.48. The van der Waals surface area contributed by atoms with Crippen LogP contribution in [0.15, 0.2) is 24.3 Å². The van der Waals surface area contributed by atoms with Crippen LogP contribution in [0.1, 0.15) is 0 Å². The topological polar surface area (TPSA) is 38.5 Å².